The predicted molar refractivity (Wildman–Crippen MR) is 73.1 cm³/mol. The van der Waals surface area contributed by atoms with Gasteiger partial charge in [-0.2, -0.15) is 0 Å². The molecule has 0 aromatic carbocycles. The highest BCUT2D eigenvalue weighted by Crippen LogP contribution is 2.11. The van der Waals surface area contributed by atoms with Gasteiger partial charge in [-0.25, -0.2) is 9.59 Å². The largest absolute Gasteiger partial charge is 0.467 e. The molecule has 0 aromatic heterocycles. The maximum atomic E-state index is 11.7. The van der Waals surface area contributed by atoms with Crippen LogP contribution in [0.4, 0.5) is 0 Å². The summed E-state index contributed by atoms with van der Waals surface area (Å²) in [5, 5.41) is 0. The van der Waals surface area contributed by atoms with Gasteiger partial charge in [0.05, 0.1) is 27.4 Å². The van der Waals surface area contributed by atoms with Crippen LogP contribution >= 0.6 is 0 Å². The van der Waals surface area contributed by atoms with Crippen LogP contribution in [0.1, 0.15) is 13.8 Å². The van der Waals surface area contributed by atoms with E-state index >= 15 is 0 Å². The minimum atomic E-state index is -1.22. The van der Waals surface area contributed by atoms with E-state index in [1.54, 1.807) is 13.8 Å². The summed E-state index contributed by atoms with van der Waals surface area (Å²) in [4.78, 5) is 23.5. The lowest BCUT2D eigenvalue weighted by Crippen LogP contribution is -2.45. The molecule has 0 heterocycles. The Labute approximate surface area is 119 Å². The lowest BCUT2D eigenvalue weighted by molar-refractivity contribution is -0.178. The van der Waals surface area contributed by atoms with Crippen LogP contribution in [0.5, 0.6) is 0 Å². The molecule has 0 bridgehead atoms. The second kappa shape index (κ2) is 9.28. The smallest absolute Gasteiger partial charge is 0.338 e. The first kappa shape index (κ1) is 18.3. The third kappa shape index (κ3) is 6.49. The molecule has 0 aliphatic rings. The first-order chi connectivity index (χ1) is 9.33. The SMILES string of the molecule is C=C(C)COC(C(=O)OC)C(OCC(=C)C)C(=O)OC. The summed E-state index contributed by atoms with van der Waals surface area (Å²) in [7, 11) is 2.40. The monoisotopic (exact) mass is 286 g/mol. The molecule has 0 aliphatic carbocycles. The Morgan fingerprint density at radius 3 is 1.35 bits per heavy atom. The summed E-state index contributed by atoms with van der Waals surface area (Å²) in [6, 6.07) is 0. The van der Waals surface area contributed by atoms with E-state index in [9.17, 15) is 9.59 Å². The third-order valence-electron chi connectivity index (χ3n) is 2.16. The maximum absolute atomic E-state index is 11.7. The van der Waals surface area contributed by atoms with Crippen LogP contribution in [0.25, 0.3) is 0 Å². The molecule has 2 atom stereocenters. The van der Waals surface area contributed by atoms with Crippen LogP contribution in [0, 0.1) is 0 Å². The summed E-state index contributed by atoms with van der Waals surface area (Å²) in [5.41, 5.74) is 1.39. The van der Waals surface area contributed by atoms with Gasteiger partial charge in [-0.05, 0) is 13.8 Å². The Bertz CT molecular complexity index is 338. The van der Waals surface area contributed by atoms with Crippen LogP contribution in [0.3, 0.4) is 0 Å². The normalized spacial score (nSPS) is 13.2. The first-order valence-electron chi connectivity index (χ1n) is 6.01. The summed E-state index contributed by atoms with van der Waals surface area (Å²) in [5.74, 6) is -1.44. The van der Waals surface area contributed by atoms with E-state index in [1.165, 1.54) is 14.2 Å². The molecule has 0 aliphatic heterocycles. The molecule has 0 amide bonds. The quantitative estimate of drug-likeness (QED) is 0.469. The molecule has 0 saturated carbocycles. The Kier molecular flexibility index (Phi) is 8.51. The Balaban J connectivity index is 5.05. The number of rotatable bonds is 9. The van der Waals surface area contributed by atoms with Crippen molar-refractivity contribution in [1.29, 1.82) is 0 Å². The fraction of sp³-hybridized carbons (Fsp3) is 0.571. The average molecular weight is 286 g/mol. The molecule has 2 unspecified atom stereocenters. The van der Waals surface area contributed by atoms with E-state index in [0.29, 0.717) is 11.1 Å². The second-order valence-corrected chi connectivity index (χ2v) is 4.42. The van der Waals surface area contributed by atoms with Gasteiger partial charge in [-0.15, -0.1) is 0 Å². The number of esters is 2. The van der Waals surface area contributed by atoms with E-state index in [-0.39, 0.29) is 13.2 Å². The second-order valence-electron chi connectivity index (χ2n) is 4.42. The topological polar surface area (TPSA) is 71.1 Å². The lowest BCUT2D eigenvalue weighted by atomic mass is 10.2. The molecule has 114 valence electrons. The zero-order valence-electron chi connectivity index (χ0n) is 12.4. The Morgan fingerprint density at radius 1 is 0.850 bits per heavy atom. The van der Waals surface area contributed by atoms with Gasteiger partial charge < -0.3 is 18.9 Å². The number of carbonyl (C=O) groups is 2. The lowest BCUT2D eigenvalue weighted by Gasteiger charge is -2.23. The van der Waals surface area contributed by atoms with Gasteiger partial charge in [0.15, 0.2) is 12.2 Å². The molecule has 6 heteroatoms. The molecule has 0 aromatic rings. The summed E-state index contributed by atoms with van der Waals surface area (Å²) in [6.45, 7) is 11.0. The van der Waals surface area contributed by atoms with Gasteiger partial charge in [0.25, 0.3) is 0 Å². The van der Waals surface area contributed by atoms with Gasteiger partial charge in [0, 0.05) is 0 Å². The maximum Gasteiger partial charge on any atom is 0.338 e. The summed E-state index contributed by atoms with van der Waals surface area (Å²) in [6.07, 6.45) is -2.44. The Hall–Kier alpha value is -1.66. The molecular weight excluding hydrogens is 264 g/mol. The number of carbonyl (C=O) groups excluding carboxylic acids is 2. The number of ether oxygens (including phenoxy) is 4. The number of hydrogen-bond acceptors (Lipinski definition) is 6. The van der Waals surface area contributed by atoms with Gasteiger partial charge in [0.1, 0.15) is 0 Å². The fourth-order valence-corrected chi connectivity index (χ4v) is 1.25. The minimum absolute atomic E-state index is 0.101. The van der Waals surface area contributed by atoms with Gasteiger partial charge in [-0.1, -0.05) is 24.3 Å². The van der Waals surface area contributed by atoms with E-state index in [2.05, 4.69) is 22.6 Å². The van der Waals surface area contributed by atoms with Crippen molar-refractivity contribution in [2.45, 2.75) is 26.1 Å². The van der Waals surface area contributed by atoms with Crippen molar-refractivity contribution in [3.8, 4) is 0 Å². The molecule has 0 saturated heterocycles. The van der Waals surface area contributed by atoms with Gasteiger partial charge >= 0.3 is 11.9 Å². The van der Waals surface area contributed by atoms with E-state index in [1.807, 2.05) is 0 Å². The highest BCUT2D eigenvalue weighted by molar-refractivity contribution is 5.85. The molecule has 0 spiro atoms. The number of hydrogen-bond donors (Lipinski definition) is 0. The zero-order chi connectivity index (χ0) is 15.7. The molecule has 0 fully saturated rings. The summed E-state index contributed by atoms with van der Waals surface area (Å²) < 4.78 is 19.9. The zero-order valence-corrected chi connectivity index (χ0v) is 12.4. The van der Waals surface area contributed by atoms with Gasteiger partial charge in [-0.3, -0.25) is 0 Å². The van der Waals surface area contributed by atoms with E-state index in [4.69, 9.17) is 9.47 Å². The van der Waals surface area contributed by atoms with E-state index < -0.39 is 24.1 Å². The van der Waals surface area contributed by atoms with Crippen molar-refractivity contribution in [1.82, 2.24) is 0 Å². The molecular formula is C14H22O6. The standard InChI is InChI=1S/C14H22O6/c1-9(2)7-19-11(13(15)17-5)12(14(16)18-6)20-8-10(3)4/h11-12H,1,3,7-8H2,2,4-6H3. The van der Waals surface area contributed by atoms with Crippen LogP contribution < -0.4 is 0 Å². The van der Waals surface area contributed by atoms with Crippen LogP contribution in [-0.2, 0) is 28.5 Å². The van der Waals surface area contributed by atoms with Gasteiger partial charge in [0.2, 0.25) is 0 Å². The van der Waals surface area contributed by atoms with Crippen molar-refractivity contribution in [2.75, 3.05) is 27.4 Å². The molecule has 0 N–H and O–H groups in total. The minimum Gasteiger partial charge on any atom is -0.467 e. The predicted octanol–water partition coefficient (Wildman–Crippen LogP) is 1.25. The van der Waals surface area contributed by atoms with Crippen molar-refractivity contribution in [3.05, 3.63) is 24.3 Å². The van der Waals surface area contributed by atoms with E-state index in [0.717, 1.165) is 0 Å². The van der Waals surface area contributed by atoms with Crippen LogP contribution in [-0.4, -0.2) is 51.6 Å². The molecule has 0 rings (SSSR count). The Morgan fingerprint density at radius 2 is 1.15 bits per heavy atom. The van der Waals surface area contributed by atoms with Crippen LogP contribution in [0.15, 0.2) is 24.3 Å². The third-order valence-corrected chi connectivity index (χ3v) is 2.16. The fourth-order valence-electron chi connectivity index (χ4n) is 1.25. The number of methoxy groups -OCH3 is 2. The van der Waals surface area contributed by atoms with Crippen LogP contribution in [0.2, 0.25) is 0 Å². The highest BCUT2D eigenvalue weighted by Gasteiger charge is 2.37. The molecule has 0 radical (unpaired) electrons. The average Bonchev–Trinajstić information content (AvgIpc) is 2.40. The van der Waals surface area contributed by atoms with Crippen molar-refractivity contribution >= 4 is 11.9 Å². The molecule has 20 heavy (non-hydrogen) atoms. The first-order valence-corrected chi connectivity index (χ1v) is 6.01. The molecule has 6 nitrogen and oxygen atoms in total. The highest BCUT2D eigenvalue weighted by atomic mass is 16.6. The van der Waals surface area contributed by atoms with Crippen molar-refractivity contribution < 1.29 is 28.5 Å². The summed E-state index contributed by atoms with van der Waals surface area (Å²) >= 11 is 0. The van der Waals surface area contributed by atoms with Crippen molar-refractivity contribution in [3.63, 3.8) is 0 Å². The van der Waals surface area contributed by atoms with Crippen molar-refractivity contribution in [2.24, 2.45) is 0 Å².